The Bertz CT molecular complexity index is 1260. The van der Waals surface area contributed by atoms with Crippen molar-refractivity contribution in [3.8, 4) is 5.69 Å². The number of thiophene rings is 1. The molecule has 0 atom stereocenters. The van der Waals surface area contributed by atoms with E-state index >= 15 is 0 Å². The van der Waals surface area contributed by atoms with Crippen molar-refractivity contribution < 1.29 is 14.0 Å². The SMILES string of the molecule is Cc1ccc(NC(=O)CN(C)C(=O)c2cc3c(C)nn(-c4ccc(F)cc4)c3s2)cc1. The zero-order valence-electron chi connectivity index (χ0n) is 17.3. The average Bonchev–Trinajstić information content (AvgIpc) is 3.30. The van der Waals surface area contributed by atoms with Gasteiger partial charge in [0, 0.05) is 18.1 Å². The third-order valence-corrected chi connectivity index (χ3v) is 5.99. The van der Waals surface area contributed by atoms with E-state index in [0.29, 0.717) is 16.3 Å². The van der Waals surface area contributed by atoms with Crippen LogP contribution in [0.5, 0.6) is 0 Å². The molecule has 0 aliphatic carbocycles. The molecule has 0 bridgehead atoms. The van der Waals surface area contributed by atoms with Crippen LogP contribution in [0.1, 0.15) is 20.9 Å². The standard InChI is InChI=1S/C23H21FN4O2S/c1-14-4-8-17(9-5-14)25-21(29)13-27(3)22(30)20-12-19-15(2)26-28(23(19)31-20)18-10-6-16(24)7-11-18/h4-12H,13H2,1-3H3,(H,25,29). The lowest BCUT2D eigenvalue weighted by Gasteiger charge is -2.16. The average molecular weight is 437 g/mol. The number of likely N-dealkylation sites (N-methyl/N-ethyl adjacent to an activating group) is 1. The Hall–Kier alpha value is -3.52. The number of amides is 2. The molecule has 2 aromatic heterocycles. The number of hydrogen-bond acceptors (Lipinski definition) is 4. The van der Waals surface area contributed by atoms with Crippen LogP contribution in [0.3, 0.4) is 0 Å². The lowest BCUT2D eigenvalue weighted by atomic mass is 10.2. The molecule has 0 unspecified atom stereocenters. The van der Waals surface area contributed by atoms with Gasteiger partial charge in [-0.05, 0) is 56.3 Å². The molecule has 4 aromatic rings. The zero-order chi connectivity index (χ0) is 22.1. The number of carbonyl (C=O) groups excluding carboxylic acids is 2. The second-order valence-electron chi connectivity index (χ2n) is 7.38. The molecular weight excluding hydrogens is 415 g/mol. The first-order valence-corrected chi connectivity index (χ1v) is 10.5. The molecule has 0 radical (unpaired) electrons. The lowest BCUT2D eigenvalue weighted by Crippen LogP contribution is -2.34. The van der Waals surface area contributed by atoms with Crippen molar-refractivity contribution in [3.05, 3.63) is 76.5 Å². The Morgan fingerprint density at radius 1 is 1.10 bits per heavy atom. The second-order valence-corrected chi connectivity index (χ2v) is 8.41. The van der Waals surface area contributed by atoms with E-state index in [1.54, 1.807) is 29.9 Å². The summed E-state index contributed by atoms with van der Waals surface area (Å²) in [6.45, 7) is 3.77. The molecule has 0 fully saturated rings. The summed E-state index contributed by atoms with van der Waals surface area (Å²) in [5.74, 6) is -0.837. The Morgan fingerprint density at radius 2 is 1.77 bits per heavy atom. The van der Waals surface area contributed by atoms with Gasteiger partial charge in [0.25, 0.3) is 5.91 Å². The second kappa shape index (κ2) is 8.31. The fourth-order valence-electron chi connectivity index (χ4n) is 3.22. The number of nitrogens with zero attached hydrogens (tertiary/aromatic N) is 3. The summed E-state index contributed by atoms with van der Waals surface area (Å²) < 4.78 is 15.0. The molecule has 0 aliphatic heterocycles. The van der Waals surface area contributed by atoms with E-state index in [-0.39, 0.29) is 24.2 Å². The third-order valence-electron chi connectivity index (χ3n) is 4.89. The van der Waals surface area contributed by atoms with Crippen LogP contribution in [0.4, 0.5) is 10.1 Å². The van der Waals surface area contributed by atoms with Gasteiger partial charge in [0.1, 0.15) is 10.6 Å². The first-order valence-electron chi connectivity index (χ1n) is 9.69. The summed E-state index contributed by atoms with van der Waals surface area (Å²) in [5.41, 5.74) is 3.28. The molecule has 1 N–H and O–H groups in total. The van der Waals surface area contributed by atoms with Crippen LogP contribution in [0, 0.1) is 19.7 Å². The van der Waals surface area contributed by atoms with Crippen molar-refractivity contribution in [2.24, 2.45) is 0 Å². The van der Waals surface area contributed by atoms with Crippen LogP contribution < -0.4 is 5.32 Å². The van der Waals surface area contributed by atoms with Crippen molar-refractivity contribution >= 4 is 39.1 Å². The summed E-state index contributed by atoms with van der Waals surface area (Å²) in [4.78, 5) is 28.0. The predicted molar refractivity (Wildman–Crippen MR) is 120 cm³/mol. The molecule has 2 heterocycles. The van der Waals surface area contributed by atoms with Gasteiger partial charge in [-0.3, -0.25) is 9.59 Å². The Morgan fingerprint density at radius 3 is 2.45 bits per heavy atom. The predicted octanol–water partition coefficient (Wildman–Crippen LogP) is 4.55. The van der Waals surface area contributed by atoms with Crippen molar-refractivity contribution in [2.75, 3.05) is 18.9 Å². The van der Waals surface area contributed by atoms with E-state index < -0.39 is 0 Å². The van der Waals surface area contributed by atoms with Crippen LogP contribution >= 0.6 is 11.3 Å². The molecule has 0 aliphatic rings. The molecule has 158 valence electrons. The van der Waals surface area contributed by atoms with Crippen LogP contribution in [0.2, 0.25) is 0 Å². The normalized spacial score (nSPS) is 11.0. The number of aryl methyl sites for hydroxylation is 2. The summed E-state index contributed by atoms with van der Waals surface area (Å²) >= 11 is 1.30. The molecule has 2 aromatic carbocycles. The molecule has 2 amide bonds. The number of fused-ring (bicyclic) bond motifs is 1. The summed E-state index contributed by atoms with van der Waals surface area (Å²) in [5, 5.41) is 8.17. The molecule has 0 spiro atoms. The van der Waals surface area contributed by atoms with Crippen molar-refractivity contribution in [1.29, 1.82) is 0 Å². The number of nitrogens with one attached hydrogen (secondary N) is 1. The number of hydrogen-bond donors (Lipinski definition) is 1. The summed E-state index contributed by atoms with van der Waals surface area (Å²) in [6.07, 6.45) is 0. The highest BCUT2D eigenvalue weighted by molar-refractivity contribution is 7.20. The van der Waals surface area contributed by atoms with Crippen LogP contribution in [-0.2, 0) is 4.79 Å². The smallest absolute Gasteiger partial charge is 0.264 e. The van der Waals surface area contributed by atoms with E-state index in [9.17, 15) is 14.0 Å². The number of anilines is 1. The highest BCUT2D eigenvalue weighted by Gasteiger charge is 2.21. The van der Waals surface area contributed by atoms with Gasteiger partial charge in [-0.1, -0.05) is 17.7 Å². The van der Waals surface area contributed by atoms with E-state index in [0.717, 1.165) is 21.5 Å². The first-order chi connectivity index (χ1) is 14.8. The minimum atomic E-state index is -0.323. The van der Waals surface area contributed by atoms with Gasteiger partial charge in [0.2, 0.25) is 5.91 Å². The monoisotopic (exact) mass is 436 g/mol. The van der Waals surface area contributed by atoms with Crippen LogP contribution in [0.25, 0.3) is 15.9 Å². The van der Waals surface area contributed by atoms with Crippen LogP contribution in [-0.4, -0.2) is 40.1 Å². The largest absolute Gasteiger partial charge is 0.332 e. The van der Waals surface area contributed by atoms with Gasteiger partial charge in [-0.15, -0.1) is 11.3 Å². The number of carbonyl (C=O) groups is 2. The van der Waals surface area contributed by atoms with E-state index in [1.165, 1.54) is 28.4 Å². The number of halogens is 1. The Labute approximate surface area is 182 Å². The minimum absolute atomic E-state index is 0.0655. The minimum Gasteiger partial charge on any atom is -0.332 e. The lowest BCUT2D eigenvalue weighted by molar-refractivity contribution is -0.116. The van der Waals surface area contributed by atoms with Crippen molar-refractivity contribution in [3.63, 3.8) is 0 Å². The van der Waals surface area contributed by atoms with Gasteiger partial charge in [0.15, 0.2) is 0 Å². The van der Waals surface area contributed by atoms with Gasteiger partial charge in [-0.25, -0.2) is 9.07 Å². The van der Waals surface area contributed by atoms with E-state index in [2.05, 4.69) is 10.4 Å². The van der Waals surface area contributed by atoms with Crippen molar-refractivity contribution in [2.45, 2.75) is 13.8 Å². The molecule has 6 nitrogen and oxygen atoms in total. The van der Waals surface area contributed by atoms with Gasteiger partial charge in [-0.2, -0.15) is 5.10 Å². The number of aromatic nitrogens is 2. The van der Waals surface area contributed by atoms with Gasteiger partial charge < -0.3 is 10.2 Å². The molecular formula is C23H21FN4O2S. The van der Waals surface area contributed by atoms with E-state index in [1.807, 2.05) is 38.1 Å². The summed E-state index contributed by atoms with van der Waals surface area (Å²) in [7, 11) is 1.60. The fraction of sp³-hybridized carbons (Fsp3) is 0.174. The molecule has 8 heteroatoms. The topological polar surface area (TPSA) is 67.2 Å². The molecule has 0 saturated carbocycles. The highest BCUT2D eigenvalue weighted by atomic mass is 32.1. The fourth-order valence-corrected chi connectivity index (χ4v) is 4.40. The van der Waals surface area contributed by atoms with Crippen molar-refractivity contribution in [1.82, 2.24) is 14.7 Å². The summed E-state index contributed by atoms with van der Waals surface area (Å²) in [6, 6.07) is 15.3. The molecule has 0 saturated heterocycles. The molecule has 31 heavy (non-hydrogen) atoms. The highest BCUT2D eigenvalue weighted by Crippen LogP contribution is 2.31. The first kappa shape index (κ1) is 20.7. The zero-order valence-corrected chi connectivity index (χ0v) is 18.2. The quantitative estimate of drug-likeness (QED) is 0.499. The number of benzene rings is 2. The van der Waals surface area contributed by atoms with Crippen LogP contribution in [0.15, 0.2) is 54.6 Å². The maximum absolute atomic E-state index is 13.3. The van der Waals surface area contributed by atoms with E-state index in [4.69, 9.17) is 0 Å². The van der Waals surface area contributed by atoms with Gasteiger partial charge >= 0.3 is 0 Å². The Balaban J connectivity index is 1.52. The third kappa shape index (κ3) is 4.34. The van der Waals surface area contributed by atoms with Gasteiger partial charge in [0.05, 0.1) is 22.8 Å². The Kier molecular flexibility index (Phi) is 5.56. The maximum atomic E-state index is 13.3. The maximum Gasteiger partial charge on any atom is 0.264 e. The number of rotatable bonds is 5. The molecule has 4 rings (SSSR count).